The Balaban J connectivity index is 2.35. The van der Waals surface area contributed by atoms with Crippen LogP contribution in [0.15, 0.2) is 18.2 Å². The summed E-state index contributed by atoms with van der Waals surface area (Å²) in [5, 5.41) is 1.23. The fourth-order valence-corrected chi connectivity index (χ4v) is 2.77. The minimum atomic E-state index is 0.308. The van der Waals surface area contributed by atoms with E-state index in [9.17, 15) is 0 Å². The van der Waals surface area contributed by atoms with E-state index in [1.165, 1.54) is 0 Å². The largest absolute Gasteiger partial charge is 0.383 e. The number of aromatic nitrogens is 2. The average Bonchev–Trinajstić information content (AvgIpc) is 2.31. The molecule has 0 saturated heterocycles. The van der Waals surface area contributed by atoms with Crippen LogP contribution in [-0.2, 0) is 6.42 Å². The third-order valence-corrected chi connectivity index (χ3v) is 3.74. The molecule has 2 rings (SSSR count). The van der Waals surface area contributed by atoms with Crippen molar-refractivity contribution in [2.45, 2.75) is 33.1 Å². The van der Waals surface area contributed by atoms with E-state index in [2.05, 4.69) is 23.8 Å². The summed E-state index contributed by atoms with van der Waals surface area (Å²) in [4.78, 5) is 8.92. The number of nitrogen functional groups attached to an aromatic ring is 1. The van der Waals surface area contributed by atoms with Crippen LogP contribution in [0.2, 0.25) is 10.0 Å². The molecule has 2 N–H and O–H groups in total. The van der Waals surface area contributed by atoms with Crippen LogP contribution in [0.5, 0.6) is 0 Å². The lowest BCUT2D eigenvalue weighted by Gasteiger charge is -2.13. The number of nitrogens with two attached hydrogens (primary N) is 1. The Kier molecular flexibility index (Phi) is 4.51. The van der Waals surface area contributed by atoms with Crippen LogP contribution in [0.25, 0.3) is 0 Å². The number of aryl methyl sites for hydroxylation is 1. The molecule has 3 nitrogen and oxygen atoms in total. The second kappa shape index (κ2) is 5.98. The molecule has 106 valence electrons. The van der Waals surface area contributed by atoms with Crippen LogP contribution in [0.3, 0.4) is 0 Å². The van der Waals surface area contributed by atoms with E-state index in [0.717, 1.165) is 16.8 Å². The van der Waals surface area contributed by atoms with E-state index in [-0.39, 0.29) is 0 Å². The first-order valence-corrected chi connectivity index (χ1v) is 7.21. The number of rotatable bonds is 3. The molecule has 0 atom stereocenters. The van der Waals surface area contributed by atoms with Crippen LogP contribution in [-0.4, -0.2) is 9.97 Å². The molecule has 1 aromatic heterocycles. The third kappa shape index (κ3) is 3.22. The molecule has 2 aromatic rings. The molecule has 20 heavy (non-hydrogen) atoms. The van der Waals surface area contributed by atoms with Gasteiger partial charge >= 0.3 is 0 Å². The first kappa shape index (κ1) is 15.1. The molecule has 5 heteroatoms. The second-order valence-corrected chi connectivity index (χ2v) is 5.94. The lowest BCUT2D eigenvalue weighted by molar-refractivity contribution is 0.817. The molecule has 0 fully saturated rings. The number of benzene rings is 1. The van der Waals surface area contributed by atoms with Crippen molar-refractivity contribution in [1.82, 2.24) is 9.97 Å². The van der Waals surface area contributed by atoms with Gasteiger partial charge in [-0.15, -0.1) is 0 Å². The van der Waals surface area contributed by atoms with Gasteiger partial charge < -0.3 is 5.73 Å². The minimum Gasteiger partial charge on any atom is -0.383 e. The van der Waals surface area contributed by atoms with Crippen LogP contribution in [0, 0.1) is 6.92 Å². The molecule has 0 aliphatic heterocycles. The molecule has 0 aliphatic rings. The molecule has 1 heterocycles. The van der Waals surface area contributed by atoms with Gasteiger partial charge in [0.1, 0.15) is 11.6 Å². The molecule has 0 spiro atoms. The van der Waals surface area contributed by atoms with E-state index >= 15 is 0 Å². The summed E-state index contributed by atoms with van der Waals surface area (Å²) in [6.45, 7) is 6.12. The van der Waals surface area contributed by atoms with Crippen molar-refractivity contribution in [1.29, 1.82) is 0 Å². The molecule has 1 aromatic carbocycles. The molecular formula is C15H17Cl2N3. The standard InChI is InChI=1S/C15H17Cl2N3/c1-8(2)14-9(3)19-13(20-15(14)18)6-10-4-5-11(16)7-12(10)17/h4-5,7-8H,6H2,1-3H3,(H2,18,19,20). The SMILES string of the molecule is Cc1nc(Cc2ccc(Cl)cc2Cl)nc(N)c1C(C)C. The molecule has 0 aliphatic carbocycles. The number of hydrogen-bond acceptors (Lipinski definition) is 3. The third-order valence-electron chi connectivity index (χ3n) is 3.15. The van der Waals surface area contributed by atoms with Gasteiger partial charge in [-0.25, -0.2) is 9.97 Å². The average molecular weight is 310 g/mol. The number of nitrogens with zero attached hydrogens (tertiary/aromatic N) is 2. The van der Waals surface area contributed by atoms with Crippen molar-refractivity contribution < 1.29 is 0 Å². The van der Waals surface area contributed by atoms with E-state index in [1.54, 1.807) is 6.07 Å². The highest BCUT2D eigenvalue weighted by molar-refractivity contribution is 6.35. The zero-order valence-corrected chi connectivity index (χ0v) is 13.3. The first-order chi connectivity index (χ1) is 9.38. The minimum absolute atomic E-state index is 0.308. The smallest absolute Gasteiger partial charge is 0.135 e. The van der Waals surface area contributed by atoms with Gasteiger partial charge in [0.15, 0.2) is 0 Å². The summed E-state index contributed by atoms with van der Waals surface area (Å²) in [6.07, 6.45) is 0.541. The van der Waals surface area contributed by atoms with E-state index in [4.69, 9.17) is 28.9 Å². The Bertz CT molecular complexity index is 616. The van der Waals surface area contributed by atoms with Crippen molar-refractivity contribution in [2.75, 3.05) is 5.73 Å². The summed E-state index contributed by atoms with van der Waals surface area (Å²) in [6, 6.07) is 5.41. The van der Waals surface area contributed by atoms with Crippen molar-refractivity contribution in [2.24, 2.45) is 0 Å². The molecule has 0 unspecified atom stereocenters. The zero-order chi connectivity index (χ0) is 14.9. The normalized spacial score (nSPS) is 11.1. The maximum absolute atomic E-state index is 6.17. The van der Waals surface area contributed by atoms with Crippen molar-refractivity contribution >= 4 is 29.0 Å². The maximum atomic E-state index is 6.17. The Morgan fingerprint density at radius 1 is 1.20 bits per heavy atom. The molecule has 0 amide bonds. The molecule has 0 bridgehead atoms. The van der Waals surface area contributed by atoms with Crippen molar-refractivity contribution in [3.05, 3.63) is 50.9 Å². The summed E-state index contributed by atoms with van der Waals surface area (Å²) < 4.78 is 0. The van der Waals surface area contributed by atoms with Gasteiger partial charge in [-0.3, -0.25) is 0 Å². The van der Waals surface area contributed by atoms with E-state index in [0.29, 0.717) is 34.0 Å². The van der Waals surface area contributed by atoms with E-state index < -0.39 is 0 Å². The first-order valence-electron chi connectivity index (χ1n) is 6.45. The van der Waals surface area contributed by atoms with Crippen LogP contribution >= 0.6 is 23.2 Å². The van der Waals surface area contributed by atoms with Gasteiger partial charge in [0.25, 0.3) is 0 Å². The second-order valence-electron chi connectivity index (χ2n) is 5.09. The summed E-state index contributed by atoms with van der Waals surface area (Å²) in [5.41, 5.74) is 8.90. The maximum Gasteiger partial charge on any atom is 0.135 e. The predicted octanol–water partition coefficient (Wildman–Crippen LogP) is 4.39. The molecule has 0 saturated carbocycles. The lowest BCUT2D eigenvalue weighted by Crippen LogP contribution is -2.09. The highest BCUT2D eigenvalue weighted by atomic mass is 35.5. The topological polar surface area (TPSA) is 51.8 Å². The number of hydrogen-bond donors (Lipinski definition) is 1. The summed E-state index contributed by atoms with van der Waals surface area (Å²) >= 11 is 12.1. The Morgan fingerprint density at radius 3 is 2.45 bits per heavy atom. The number of anilines is 1. The lowest BCUT2D eigenvalue weighted by atomic mass is 10.0. The predicted molar refractivity (Wildman–Crippen MR) is 84.5 cm³/mol. The van der Waals surface area contributed by atoms with Crippen molar-refractivity contribution in [3.8, 4) is 0 Å². The van der Waals surface area contributed by atoms with Gasteiger partial charge in [0, 0.05) is 27.7 Å². The highest BCUT2D eigenvalue weighted by Crippen LogP contribution is 2.26. The zero-order valence-electron chi connectivity index (χ0n) is 11.7. The molecular weight excluding hydrogens is 293 g/mol. The fraction of sp³-hybridized carbons (Fsp3) is 0.333. The number of halogens is 2. The Labute approximate surface area is 129 Å². The van der Waals surface area contributed by atoms with Gasteiger partial charge in [-0.05, 0) is 30.5 Å². The monoisotopic (exact) mass is 309 g/mol. The Morgan fingerprint density at radius 2 is 1.90 bits per heavy atom. The van der Waals surface area contributed by atoms with Crippen LogP contribution in [0.4, 0.5) is 5.82 Å². The quantitative estimate of drug-likeness (QED) is 0.915. The molecule has 0 radical (unpaired) electrons. The highest BCUT2D eigenvalue weighted by Gasteiger charge is 2.13. The van der Waals surface area contributed by atoms with Gasteiger partial charge in [-0.1, -0.05) is 43.1 Å². The van der Waals surface area contributed by atoms with Crippen molar-refractivity contribution in [3.63, 3.8) is 0 Å². The Hall–Kier alpha value is -1.32. The van der Waals surface area contributed by atoms with Gasteiger partial charge in [0.05, 0.1) is 0 Å². The fourth-order valence-electron chi connectivity index (χ4n) is 2.29. The van der Waals surface area contributed by atoms with Gasteiger partial charge in [0.2, 0.25) is 0 Å². The summed E-state index contributed by atoms with van der Waals surface area (Å²) in [7, 11) is 0. The van der Waals surface area contributed by atoms with Crippen LogP contribution in [0.1, 0.15) is 42.4 Å². The van der Waals surface area contributed by atoms with Crippen LogP contribution < -0.4 is 5.73 Å². The van der Waals surface area contributed by atoms with Gasteiger partial charge in [-0.2, -0.15) is 0 Å². The summed E-state index contributed by atoms with van der Waals surface area (Å²) in [5.74, 6) is 1.53. The van der Waals surface area contributed by atoms with E-state index in [1.807, 2.05) is 19.1 Å².